The average Bonchev–Trinajstić information content (AvgIpc) is 3.07. The zero-order valence-corrected chi connectivity index (χ0v) is 13.5. The van der Waals surface area contributed by atoms with Crippen molar-refractivity contribution in [1.82, 2.24) is 24.6 Å². The van der Waals surface area contributed by atoms with E-state index in [1.165, 1.54) is 23.2 Å². The Hall–Kier alpha value is -4.01. The first-order chi connectivity index (χ1) is 12.7. The van der Waals surface area contributed by atoms with Gasteiger partial charge in [-0.15, -0.1) is 5.10 Å². The number of hydrogen-bond donors (Lipinski definition) is 3. The van der Waals surface area contributed by atoms with E-state index in [0.29, 0.717) is 17.2 Å². The second kappa shape index (κ2) is 6.48. The molecule has 0 atom stereocenters. The first-order valence-corrected chi connectivity index (χ1v) is 7.74. The highest BCUT2D eigenvalue weighted by Gasteiger charge is 2.17. The Balaban J connectivity index is 1.70. The largest absolute Gasteiger partial charge is 0.382 e. The number of para-hydroxylation sites is 1. The van der Waals surface area contributed by atoms with Crippen molar-refractivity contribution in [1.29, 1.82) is 0 Å². The van der Waals surface area contributed by atoms with Crippen molar-refractivity contribution in [3.05, 3.63) is 66.9 Å². The van der Waals surface area contributed by atoms with E-state index in [1.54, 1.807) is 12.1 Å². The summed E-state index contributed by atoms with van der Waals surface area (Å²) in [6.07, 6.45) is 4.33. The second-order valence-electron chi connectivity index (χ2n) is 5.40. The van der Waals surface area contributed by atoms with E-state index in [0.717, 1.165) is 5.69 Å². The molecule has 0 saturated carbocycles. The minimum absolute atomic E-state index is 0.238. The van der Waals surface area contributed by atoms with Gasteiger partial charge in [0.2, 0.25) is 0 Å². The Morgan fingerprint density at radius 3 is 2.73 bits per heavy atom. The maximum absolute atomic E-state index is 12.5. The molecule has 1 aromatic carbocycles. The lowest BCUT2D eigenvalue weighted by Crippen LogP contribution is -2.16. The first-order valence-electron chi connectivity index (χ1n) is 7.74. The molecule has 0 aliphatic carbocycles. The molecule has 128 valence electrons. The number of benzene rings is 1. The predicted octanol–water partition coefficient (Wildman–Crippen LogP) is 2.10. The summed E-state index contributed by atoms with van der Waals surface area (Å²) in [6, 6.07) is 12.8. The fourth-order valence-electron chi connectivity index (χ4n) is 2.46. The van der Waals surface area contributed by atoms with Crippen LogP contribution in [0.3, 0.4) is 0 Å². The number of nitrogens with two attached hydrogens (primary N) is 1. The molecular weight excluding hydrogens is 332 g/mol. The molecule has 9 heteroatoms. The van der Waals surface area contributed by atoms with Crippen LogP contribution in [0.25, 0.3) is 5.65 Å². The maximum atomic E-state index is 12.5. The quantitative estimate of drug-likeness (QED) is 0.517. The van der Waals surface area contributed by atoms with E-state index in [2.05, 4.69) is 30.7 Å². The zero-order valence-electron chi connectivity index (χ0n) is 13.5. The highest BCUT2D eigenvalue weighted by atomic mass is 16.2. The number of anilines is 4. The molecule has 0 unspecified atom stereocenters. The fourth-order valence-corrected chi connectivity index (χ4v) is 2.46. The van der Waals surface area contributed by atoms with E-state index >= 15 is 0 Å². The number of nitrogens with zero attached hydrogens (tertiary/aromatic N) is 5. The third-order valence-electron chi connectivity index (χ3n) is 3.60. The smallest absolute Gasteiger partial charge is 0.277 e. The molecule has 0 saturated heterocycles. The van der Waals surface area contributed by atoms with Crippen LogP contribution in [-0.2, 0) is 0 Å². The number of aromatic nitrogens is 5. The lowest BCUT2D eigenvalue weighted by molar-refractivity contribution is 0.102. The normalized spacial score (nSPS) is 10.6. The summed E-state index contributed by atoms with van der Waals surface area (Å²) in [7, 11) is 0. The number of fused-ring (bicyclic) bond motifs is 1. The van der Waals surface area contributed by atoms with Crippen LogP contribution in [0, 0.1) is 0 Å². The molecule has 0 aliphatic heterocycles. The van der Waals surface area contributed by atoms with Crippen molar-refractivity contribution in [3.8, 4) is 0 Å². The molecule has 0 fully saturated rings. The molecule has 0 bridgehead atoms. The number of carbonyl (C=O) groups is 1. The molecule has 4 aromatic rings. The van der Waals surface area contributed by atoms with Gasteiger partial charge in [-0.05, 0) is 18.2 Å². The van der Waals surface area contributed by atoms with E-state index in [4.69, 9.17) is 5.73 Å². The number of carbonyl (C=O) groups excluding carboxylic acids is 1. The highest BCUT2D eigenvalue weighted by Crippen LogP contribution is 2.23. The van der Waals surface area contributed by atoms with Gasteiger partial charge in [0.15, 0.2) is 11.3 Å². The number of rotatable bonds is 4. The molecule has 3 heterocycles. The van der Waals surface area contributed by atoms with Gasteiger partial charge in [0.1, 0.15) is 18.0 Å². The van der Waals surface area contributed by atoms with Crippen LogP contribution in [0.2, 0.25) is 0 Å². The van der Waals surface area contributed by atoms with Crippen molar-refractivity contribution in [2.75, 3.05) is 16.4 Å². The first kappa shape index (κ1) is 15.5. The number of nitrogens with one attached hydrogen (secondary N) is 2. The molecule has 26 heavy (non-hydrogen) atoms. The van der Waals surface area contributed by atoms with E-state index < -0.39 is 5.91 Å². The standard InChI is InChI=1S/C17H14N8O/c18-14-8-12(22-11-4-2-1-3-5-11)16-20-9-13(25(16)24-14)17(26)23-15-6-7-19-10-21-15/h1-10,22H,(H2,18,24)(H,19,21,23,26). The van der Waals surface area contributed by atoms with Gasteiger partial charge in [0.05, 0.1) is 11.9 Å². The van der Waals surface area contributed by atoms with Gasteiger partial charge in [-0.25, -0.2) is 19.5 Å². The molecule has 0 aliphatic rings. The summed E-state index contributed by atoms with van der Waals surface area (Å²) in [5.41, 5.74) is 8.14. The second-order valence-corrected chi connectivity index (χ2v) is 5.40. The van der Waals surface area contributed by atoms with Crippen LogP contribution in [0.5, 0.6) is 0 Å². The van der Waals surface area contributed by atoms with Crippen LogP contribution in [0.15, 0.2) is 61.2 Å². The number of nitrogen functional groups attached to an aromatic ring is 1. The summed E-state index contributed by atoms with van der Waals surface area (Å²) in [6.45, 7) is 0. The molecule has 1 amide bonds. The summed E-state index contributed by atoms with van der Waals surface area (Å²) < 4.78 is 1.40. The van der Waals surface area contributed by atoms with Gasteiger partial charge < -0.3 is 16.4 Å². The maximum Gasteiger partial charge on any atom is 0.277 e. The van der Waals surface area contributed by atoms with Crippen LogP contribution >= 0.6 is 0 Å². The summed E-state index contributed by atoms with van der Waals surface area (Å²) >= 11 is 0. The van der Waals surface area contributed by atoms with Crippen molar-refractivity contribution in [2.45, 2.75) is 0 Å². The molecule has 0 spiro atoms. The monoisotopic (exact) mass is 346 g/mol. The van der Waals surface area contributed by atoms with E-state index in [1.807, 2.05) is 30.3 Å². The molecule has 9 nitrogen and oxygen atoms in total. The lowest BCUT2D eigenvalue weighted by atomic mass is 10.3. The van der Waals surface area contributed by atoms with Crippen LogP contribution in [0.1, 0.15) is 10.5 Å². The predicted molar refractivity (Wildman–Crippen MR) is 97.1 cm³/mol. The van der Waals surface area contributed by atoms with Crippen molar-refractivity contribution < 1.29 is 4.79 Å². The van der Waals surface area contributed by atoms with Gasteiger partial charge in [-0.3, -0.25) is 4.79 Å². The lowest BCUT2D eigenvalue weighted by Gasteiger charge is -2.09. The Morgan fingerprint density at radius 1 is 1.12 bits per heavy atom. The third-order valence-corrected chi connectivity index (χ3v) is 3.60. The minimum Gasteiger partial charge on any atom is -0.382 e. The molecular formula is C17H14N8O. The van der Waals surface area contributed by atoms with Gasteiger partial charge >= 0.3 is 0 Å². The van der Waals surface area contributed by atoms with Gasteiger partial charge in [0.25, 0.3) is 5.91 Å². The molecule has 4 N–H and O–H groups in total. The van der Waals surface area contributed by atoms with E-state index in [9.17, 15) is 4.79 Å². The van der Waals surface area contributed by atoms with Crippen LogP contribution in [-0.4, -0.2) is 30.5 Å². The topological polar surface area (TPSA) is 123 Å². The molecule has 0 radical (unpaired) electrons. The summed E-state index contributed by atoms with van der Waals surface area (Å²) in [5.74, 6) is 0.233. The van der Waals surface area contributed by atoms with E-state index in [-0.39, 0.29) is 11.5 Å². The zero-order chi connectivity index (χ0) is 17.9. The van der Waals surface area contributed by atoms with Gasteiger partial charge in [0, 0.05) is 18.0 Å². The molecule has 4 rings (SSSR count). The number of hydrogen-bond acceptors (Lipinski definition) is 7. The molecule has 3 aromatic heterocycles. The SMILES string of the molecule is Nc1cc(Nc2ccccc2)c2ncc(C(=O)Nc3ccncn3)n2n1. The average molecular weight is 346 g/mol. The summed E-state index contributed by atoms with van der Waals surface area (Å²) in [5, 5.41) is 10.1. The van der Waals surface area contributed by atoms with Crippen LogP contribution < -0.4 is 16.4 Å². The van der Waals surface area contributed by atoms with Gasteiger partial charge in [-0.2, -0.15) is 0 Å². The Bertz CT molecular complexity index is 1060. The van der Waals surface area contributed by atoms with Crippen molar-refractivity contribution in [2.24, 2.45) is 0 Å². The van der Waals surface area contributed by atoms with Crippen molar-refractivity contribution >= 4 is 34.6 Å². The Kier molecular flexibility index (Phi) is 3.86. The van der Waals surface area contributed by atoms with Crippen molar-refractivity contribution in [3.63, 3.8) is 0 Å². The summed E-state index contributed by atoms with van der Waals surface area (Å²) in [4.78, 5) is 24.6. The van der Waals surface area contributed by atoms with Gasteiger partial charge in [-0.1, -0.05) is 18.2 Å². The fraction of sp³-hybridized carbons (Fsp3) is 0. The minimum atomic E-state index is -0.403. The third kappa shape index (κ3) is 3.00. The Labute approximate surface area is 147 Å². The van der Waals surface area contributed by atoms with Crippen LogP contribution in [0.4, 0.5) is 23.0 Å². The highest BCUT2D eigenvalue weighted by molar-refractivity contribution is 6.03. The Morgan fingerprint density at radius 2 is 1.96 bits per heavy atom. The number of amides is 1. The number of imidazole rings is 1.